The molecule has 0 saturated carbocycles. The van der Waals surface area contributed by atoms with E-state index in [1.807, 2.05) is 26.0 Å². The molecule has 0 heterocycles. The van der Waals surface area contributed by atoms with E-state index in [0.29, 0.717) is 16.9 Å². The zero-order valence-corrected chi connectivity index (χ0v) is 12.7. The summed E-state index contributed by atoms with van der Waals surface area (Å²) >= 11 is 0. The Hall–Kier alpha value is -2.16. The normalized spacial score (nSPS) is 12.0. The lowest BCUT2D eigenvalue weighted by Crippen LogP contribution is -2.24. The molecule has 0 N–H and O–H groups in total. The average molecular weight is 286 g/mol. The summed E-state index contributed by atoms with van der Waals surface area (Å²) in [6.45, 7) is 7.35. The number of ether oxygens (including phenoxy) is 1. The first kappa shape index (κ1) is 15.2. The highest BCUT2D eigenvalue weighted by Gasteiger charge is 2.17. The van der Waals surface area contributed by atoms with Gasteiger partial charge in [-0.15, -0.1) is 0 Å². The largest absolute Gasteiger partial charge is 0.483 e. The first-order valence-corrected chi connectivity index (χ1v) is 6.93. The maximum Gasteiger partial charge on any atom is 0.203 e. The highest BCUT2D eigenvalue weighted by atomic mass is 19.1. The Labute approximate surface area is 124 Å². The second-order valence-corrected chi connectivity index (χ2v) is 5.33. The summed E-state index contributed by atoms with van der Waals surface area (Å²) in [5, 5.41) is 0. The van der Waals surface area contributed by atoms with Gasteiger partial charge in [0.05, 0.1) is 0 Å². The number of ketones is 1. The molecule has 0 aromatic heterocycles. The lowest BCUT2D eigenvalue weighted by atomic mass is 10.0. The fourth-order valence-corrected chi connectivity index (χ4v) is 2.08. The number of halogens is 1. The monoisotopic (exact) mass is 286 g/mol. The molecule has 0 radical (unpaired) electrons. The molecular formula is C18H19FO2. The molecule has 110 valence electrons. The number of hydrogen-bond donors (Lipinski definition) is 0. The van der Waals surface area contributed by atoms with Crippen molar-refractivity contribution in [3.05, 3.63) is 64.5 Å². The van der Waals surface area contributed by atoms with Gasteiger partial charge in [0.1, 0.15) is 11.6 Å². The van der Waals surface area contributed by atoms with Crippen LogP contribution in [-0.2, 0) is 0 Å². The third kappa shape index (κ3) is 3.48. The van der Waals surface area contributed by atoms with Gasteiger partial charge >= 0.3 is 0 Å². The molecule has 1 unspecified atom stereocenters. The van der Waals surface area contributed by atoms with Crippen molar-refractivity contribution >= 4 is 5.78 Å². The van der Waals surface area contributed by atoms with Crippen LogP contribution < -0.4 is 4.74 Å². The molecular weight excluding hydrogens is 267 g/mol. The highest BCUT2D eigenvalue weighted by Crippen LogP contribution is 2.19. The van der Waals surface area contributed by atoms with Gasteiger partial charge in [0.15, 0.2) is 6.10 Å². The molecule has 21 heavy (non-hydrogen) atoms. The Morgan fingerprint density at radius 1 is 1.00 bits per heavy atom. The van der Waals surface area contributed by atoms with Gasteiger partial charge in [-0.3, -0.25) is 4.79 Å². The van der Waals surface area contributed by atoms with Gasteiger partial charge in [-0.1, -0.05) is 12.1 Å². The molecule has 2 rings (SSSR count). The van der Waals surface area contributed by atoms with E-state index in [-0.39, 0.29) is 11.6 Å². The van der Waals surface area contributed by atoms with Crippen molar-refractivity contribution in [3.8, 4) is 5.75 Å². The number of benzene rings is 2. The number of aryl methyl sites for hydroxylation is 3. The Morgan fingerprint density at radius 2 is 1.71 bits per heavy atom. The molecule has 2 nitrogen and oxygen atoms in total. The van der Waals surface area contributed by atoms with Crippen molar-refractivity contribution in [3.63, 3.8) is 0 Å². The van der Waals surface area contributed by atoms with Crippen LogP contribution in [0.4, 0.5) is 4.39 Å². The number of Topliss-reactive ketones (excluding diaryl/α,β-unsaturated/α-hetero) is 1. The minimum absolute atomic E-state index is 0.0833. The first-order valence-electron chi connectivity index (χ1n) is 6.93. The van der Waals surface area contributed by atoms with Crippen LogP contribution >= 0.6 is 0 Å². The summed E-state index contributed by atoms with van der Waals surface area (Å²) < 4.78 is 18.8. The number of carbonyl (C=O) groups excluding carboxylic acids is 1. The molecule has 2 aromatic rings. The van der Waals surface area contributed by atoms with E-state index < -0.39 is 6.10 Å². The summed E-state index contributed by atoms with van der Waals surface area (Å²) in [6.07, 6.45) is -0.614. The molecule has 0 aliphatic rings. The summed E-state index contributed by atoms with van der Waals surface area (Å²) in [7, 11) is 0. The molecule has 2 aromatic carbocycles. The maximum absolute atomic E-state index is 13.2. The fraction of sp³-hybridized carbons (Fsp3) is 0.278. The van der Waals surface area contributed by atoms with Crippen LogP contribution in [0.2, 0.25) is 0 Å². The minimum atomic E-state index is -0.614. The van der Waals surface area contributed by atoms with Gasteiger partial charge in [-0.2, -0.15) is 0 Å². The second kappa shape index (κ2) is 6.08. The summed E-state index contributed by atoms with van der Waals surface area (Å²) in [5.41, 5.74) is 3.35. The van der Waals surface area contributed by atoms with Crippen LogP contribution in [0.3, 0.4) is 0 Å². The number of carbonyl (C=O) groups is 1. The molecule has 0 fully saturated rings. The van der Waals surface area contributed by atoms with E-state index in [1.54, 1.807) is 26.0 Å². The quantitative estimate of drug-likeness (QED) is 0.779. The Kier molecular flexibility index (Phi) is 4.41. The van der Waals surface area contributed by atoms with E-state index in [2.05, 4.69) is 0 Å². The minimum Gasteiger partial charge on any atom is -0.483 e. The van der Waals surface area contributed by atoms with Gasteiger partial charge in [0, 0.05) is 5.56 Å². The first-order chi connectivity index (χ1) is 9.88. The molecule has 3 heteroatoms. The van der Waals surface area contributed by atoms with E-state index >= 15 is 0 Å². The van der Waals surface area contributed by atoms with E-state index in [4.69, 9.17) is 4.74 Å². The zero-order valence-electron chi connectivity index (χ0n) is 12.7. The number of hydrogen-bond acceptors (Lipinski definition) is 2. The van der Waals surface area contributed by atoms with E-state index in [0.717, 1.165) is 11.1 Å². The predicted molar refractivity (Wildman–Crippen MR) is 81.5 cm³/mol. The SMILES string of the molecule is Cc1ccc(C(=O)C(C)Oc2ccc(F)c(C)c2)cc1C. The van der Waals surface area contributed by atoms with Crippen LogP contribution in [-0.4, -0.2) is 11.9 Å². The van der Waals surface area contributed by atoms with Crippen molar-refractivity contribution in [2.45, 2.75) is 33.8 Å². The van der Waals surface area contributed by atoms with Crippen molar-refractivity contribution in [1.29, 1.82) is 0 Å². The van der Waals surface area contributed by atoms with Crippen molar-refractivity contribution in [1.82, 2.24) is 0 Å². The Balaban J connectivity index is 2.15. The van der Waals surface area contributed by atoms with Crippen LogP contribution in [0, 0.1) is 26.6 Å². The smallest absolute Gasteiger partial charge is 0.203 e. The fourth-order valence-electron chi connectivity index (χ4n) is 2.08. The van der Waals surface area contributed by atoms with Gasteiger partial charge in [0.2, 0.25) is 5.78 Å². The third-order valence-electron chi connectivity index (χ3n) is 3.60. The van der Waals surface area contributed by atoms with Gasteiger partial charge in [-0.25, -0.2) is 4.39 Å². The molecule has 0 aliphatic heterocycles. The molecule has 1 atom stereocenters. The maximum atomic E-state index is 13.2. The van der Waals surface area contributed by atoms with Gasteiger partial charge in [-0.05, 0) is 68.7 Å². The molecule has 0 spiro atoms. The molecule has 0 amide bonds. The van der Waals surface area contributed by atoms with Gasteiger partial charge < -0.3 is 4.74 Å². The molecule has 0 aliphatic carbocycles. The van der Waals surface area contributed by atoms with Crippen molar-refractivity contribution in [2.24, 2.45) is 0 Å². The summed E-state index contributed by atoms with van der Waals surface area (Å²) in [5.74, 6) is 0.133. The third-order valence-corrected chi connectivity index (χ3v) is 3.60. The predicted octanol–water partition coefficient (Wildman–Crippen LogP) is 4.40. The standard InChI is InChI=1S/C18H19FO2/c1-11-5-6-15(9-12(11)2)18(20)14(4)21-16-7-8-17(19)13(3)10-16/h5-10,14H,1-4H3. The topological polar surface area (TPSA) is 26.3 Å². The van der Waals surface area contributed by atoms with Gasteiger partial charge in [0.25, 0.3) is 0 Å². The lowest BCUT2D eigenvalue weighted by Gasteiger charge is -2.15. The highest BCUT2D eigenvalue weighted by molar-refractivity contribution is 5.99. The summed E-state index contributed by atoms with van der Waals surface area (Å²) in [4.78, 5) is 12.4. The van der Waals surface area contributed by atoms with Crippen LogP contribution in [0.15, 0.2) is 36.4 Å². The average Bonchev–Trinajstić information content (AvgIpc) is 2.45. The van der Waals surface area contributed by atoms with Crippen molar-refractivity contribution in [2.75, 3.05) is 0 Å². The second-order valence-electron chi connectivity index (χ2n) is 5.33. The zero-order chi connectivity index (χ0) is 15.6. The van der Waals surface area contributed by atoms with Crippen LogP contribution in [0.1, 0.15) is 34.0 Å². The van der Waals surface area contributed by atoms with Crippen molar-refractivity contribution < 1.29 is 13.9 Å². The lowest BCUT2D eigenvalue weighted by molar-refractivity contribution is 0.0818. The van der Waals surface area contributed by atoms with E-state index in [1.165, 1.54) is 12.1 Å². The van der Waals surface area contributed by atoms with Crippen LogP contribution in [0.5, 0.6) is 5.75 Å². The van der Waals surface area contributed by atoms with Crippen LogP contribution in [0.25, 0.3) is 0 Å². The Morgan fingerprint density at radius 3 is 2.33 bits per heavy atom. The van der Waals surface area contributed by atoms with E-state index in [9.17, 15) is 9.18 Å². The number of rotatable bonds is 4. The summed E-state index contributed by atoms with van der Waals surface area (Å²) in [6, 6.07) is 10.1. The Bertz CT molecular complexity index is 677. The molecule has 0 saturated heterocycles. The molecule has 0 bridgehead atoms.